The third-order valence-corrected chi connectivity index (χ3v) is 5.05. The number of rotatable bonds is 5. The zero-order valence-electron chi connectivity index (χ0n) is 11.8. The van der Waals surface area contributed by atoms with Gasteiger partial charge in [-0.05, 0) is 43.7 Å². The maximum atomic E-state index is 13.3. The predicted octanol–water partition coefficient (Wildman–Crippen LogP) is 4.01. The normalized spacial score (nSPS) is 17.9. The highest BCUT2D eigenvalue weighted by Gasteiger charge is 2.32. The first kappa shape index (κ1) is 15.6. The summed E-state index contributed by atoms with van der Waals surface area (Å²) in [6.07, 6.45) is 6.55. The van der Waals surface area contributed by atoms with E-state index in [-0.39, 0.29) is 17.1 Å². The van der Waals surface area contributed by atoms with E-state index < -0.39 is 0 Å². The highest BCUT2D eigenvalue weighted by atomic mass is 79.9. The van der Waals surface area contributed by atoms with E-state index in [0.29, 0.717) is 12.8 Å². The molecule has 0 spiro atoms. The van der Waals surface area contributed by atoms with Gasteiger partial charge < -0.3 is 5.32 Å². The molecular weight excluding hydrogens is 321 g/mol. The fourth-order valence-corrected chi connectivity index (χ4v) is 3.46. The molecule has 0 saturated heterocycles. The summed E-state index contributed by atoms with van der Waals surface area (Å²) in [5.41, 5.74) is 0.687. The highest BCUT2D eigenvalue weighted by Crippen LogP contribution is 2.31. The summed E-state index contributed by atoms with van der Waals surface area (Å²) < 4.78 is 14.1. The number of carbonyl (C=O) groups excluding carboxylic acids is 1. The van der Waals surface area contributed by atoms with Gasteiger partial charge in [-0.15, -0.1) is 0 Å². The summed E-state index contributed by atoms with van der Waals surface area (Å²) in [7, 11) is 1.94. The van der Waals surface area contributed by atoms with Gasteiger partial charge in [0, 0.05) is 22.9 Å². The Morgan fingerprint density at radius 3 is 2.70 bits per heavy atom. The van der Waals surface area contributed by atoms with Gasteiger partial charge in [-0.25, -0.2) is 4.39 Å². The fourth-order valence-electron chi connectivity index (χ4n) is 3.07. The molecule has 0 unspecified atom stereocenters. The quantitative estimate of drug-likeness (QED) is 0.876. The van der Waals surface area contributed by atoms with Crippen LogP contribution in [0.15, 0.2) is 22.7 Å². The molecule has 1 aliphatic carbocycles. The van der Waals surface area contributed by atoms with Crippen LogP contribution in [0.4, 0.5) is 4.39 Å². The first-order valence-electron chi connectivity index (χ1n) is 7.19. The molecule has 0 aliphatic heterocycles. The van der Waals surface area contributed by atoms with Crippen molar-refractivity contribution in [3.63, 3.8) is 0 Å². The number of halogens is 2. The molecule has 1 aromatic rings. The van der Waals surface area contributed by atoms with Crippen molar-refractivity contribution in [2.24, 2.45) is 0 Å². The smallest absolute Gasteiger partial charge is 0.139 e. The minimum absolute atomic E-state index is 0.0465. The van der Waals surface area contributed by atoms with Crippen LogP contribution < -0.4 is 5.32 Å². The second-order valence-corrected chi connectivity index (χ2v) is 6.57. The van der Waals surface area contributed by atoms with E-state index in [0.717, 1.165) is 22.9 Å². The molecule has 1 N–H and O–H groups in total. The van der Waals surface area contributed by atoms with Gasteiger partial charge >= 0.3 is 0 Å². The Kier molecular flexibility index (Phi) is 5.33. The third kappa shape index (κ3) is 3.89. The van der Waals surface area contributed by atoms with Crippen LogP contribution in [0.25, 0.3) is 0 Å². The Bertz CT molecular complexity index is 483. The molecule has 20 heavy (non-hydrogen) atoms. The molecule has 4 heteroatoms. The lowest BCUT2D eigenvalue weighted by molar-refractivity contribution is -0.120. The number of hydrogen-bond acceptors (Lipinski definition) is 2. The summed E-state index contributed by atoms with van der Waals surface area (Å²) in [4.78, 5) is 12.3. The van der Waals surface area contributed by atoms with Crippen molar-refractivity contribution in [1.29, 1.82) is 0 Å². The molecule has 0 amide bonds. The van der Waals surface area contributed by atoms with Gasteiger partial charge in [0.05, 0.1) is 0 Å². The zero-order chi connectivity index (χ0) is 14.6. The molecule has 1 fully saturated rings. The standard InChI is InChI=1S/C16H21BrFNO/c1-19-16(7-3-2-4-8-16)11-14(20)10-12-9-13(18)5-6-15(12)17/h5-6,9,19H,2-4,7-8,10-11H2,1H3. The van der Waals surface area contributed by atoms with Crippen LogP contribution in [0.2, 0.25) is 0 Å². The molecule has 110 valence electrons. The zero-order valence-corrected chi connectivity index (χ0v) is 13.4. The van der Waals surface area contributed by atoms with Crippen molar-refractivity contribution in [2.45, 2.75) is 50.5 Å². The van der Waals surface area contributed by atoms with E-state index in [1.54, 1.807) is 6.07 Å². The van der Waals surface area contributed by atoms with Crippen molar-refractivity contribution >= 4 is 21.7 Å². The van der Waals surface area contributed by atoms with E-state index in [1.165, 1.54) is 31.4 Å². The SMILES string of the molecule is CNC1(CC(=O)Cc2cc(F)ccc2Br)CCCCC1. The number of nitrogens with one attached hydrogen (secondary N) is 1. The Morgan fingerprint density at radius 2 is 2.05 bits per heavy atom. The van der Waals surface area contributed by atoms with Crippen molar-refractivity contribution in [3.05, 3.63) is 34.1 Å². The van der Waals surface area contributed by atoms with Gasteiger partial charge in [0.25, 0.3) is 0 Å². The van der Waals surface area contributed by atoms with Gasteiger partial charge in [0.2, 0.25) is 0 Å². The second kappa shape index (κ2) is 6.81. The van der Waals surface area contributed by atoms with E-state index in [1.807, 2.05) is 7.05 Å². The van der Waals surface area contributed by atoms with Gasteiger partial charge in [0.15, 0.2) is 0 Å². The first-order valence-corrected chi connectivity index (χ1v) is 7.98. The van der Waals surface area contributed by atoms with Gasteiger partial charge in [0.1, 0.15) is 11.6 Å². The third-order valence-electron chi connectivity index (χ3n) is 4.27. The van der Waals surface area contributed by atoms with Crippen LogP contribution in [0.1, 0.15) is 44.1 Å². The first-order chi connectivity index (χ1) is 9.54. The lowest BCUT2D eigenvalue weighted by Gasteiger charge is -2.36. The minimum atomic E-state index is -0.294. The predicted molar refractivity (Wildman–Crippen MR) is 82.3 cm³/mol. The fraction of sp³-hybridized carbons (Fsp3) is 0.562. The maximum absolute atomic E-state index is 13.3. The molecule has 2 nitrogen and oxygen atoms in total. The van der Waals surface area contributed by atoms with E-state index in [4.69, 9.17) is 0 Å². The van der Waals surface area contributed by atoms with Crippen LogP contribution in [0.3, 0.4) is 0 Å². The Labute approximate surface area is 128 Å². The second-order valence-electron chi connectivity index (χ2n) is 5.72. The Balaban J connectivity index is 2.02. The molecule has 0 bridgehead atoms. The monoisotopic (exact) mass is 341 g/mol. The van der Waals surface area contributed by atoms with Gasteiger partial charge in [-0.1, -0.05) is 35.2 Å². The van der Waals surface area contributed by atoms with Crippen molar-refractivity contribution < 1.29 is 9.18 Å². The van der Waals surface area contributed by atoms with E-state index in [2.05, 4.69) is 21.2 Å². The Hall–Kier alpha value is -0.740. The number of ketones is 1. The van der Waals surface area contributed by atoms with Crippen LogP contribution >= 0.6 is 15.9 Å². The van der Waals surface area contributed by atoms with Crippen molar-refractivity contribution in [1.82, 2.24) is 5.32 Å². The average molecular weight is 342 g/mol. The molecular formula is C16H21BrFNO. The molecule has 2 rings (SSSR count). The van der Waals surface area contributed by atoms with Crippen molar-refractivity contribution in [3.8, 4) is 0 Å². The number of benzene rings is 1. The van der Waals surface area contributed by atoms with E-state index in [9.17, 15) is 9.18 Å². The number of carbonyl (C=O) groups is 1. The van der Waals surface area contributed by atoms with Crippen LogP contribution in [-0.2, 0) is 11.2 Å². The molecule has 1 saturated carbocycles. The topological polar surface area (TPSA) is 29.1 Å². The number of Topliss-reactive ketones (excluding diaryl/α,β-unsaturated/α-hetero) is 1. The van der Waals surface area contributed by atoms with Gasteiger partial charge in [-0.2, -0.15) is 0 Å². The molecule has 0 heterocycles. The average Bonchev–Trinajstić information content (AvgIpc) is 2.44. The molecule has 1 aliphatic rings. The molecule has 0 atom stereocenters. The summed E-state index contributed by atoms with van der Waals surface area (Å²) in [6.45, 7) is 0. The number of hydrogen-bond donors (Lipinski definition) is 1. The lowest BCUT2D eigenvalue weighted by Crippen LogP contribution is -2.46. The minimum Gasteiger partial charge on any atom is -0.314 e. The van der Waals surface area contributed by atoms with Crippen LogP contribution in [0.5, 0.6) is 0 Å². The largest absolute Gasteiger partial charge is 0.314 e. The summed E-state index contributed by atoms with van der Waals surface area (Å²) in [5.74, 6) is -0.121. The highest BCUT2D eigenvalue weighted by molar-refractivity contribution is 9.10. The Morgan fingerprint density at radius 1 is 1.35 bits per heavy atom. The maximum Gasteiger partial charge on any atom is 0.139 e. The summed E-state index contributed by atoms with van der Waals surface area (Å²) in [6, 6.07) is 4.50. The molecule has 0 radical (unpaired) electrons. The summed E-state index contributed by atoms with van der Waals surface area (Å²) in [5, 5.41) is 3.35. The summed E-state index contributed by atoms with van der Waals surface area (Å²) >= 11 is 3.38. The molecule has 0 aromatic heterocycles. The van der Waals surface area contributed by atoms with Crippen LogP contribution in [-0.4, -0.2) is 18.4 Å². The molecule has 1 aromatic carbocycles. The van der Waals surface area contributed by atoms with Gasteiger partial charge in [-0.3, -0.25) is 4.79 Å². The van der Waals surface area contributed by atoms with Crippen LogP contribution in [0, 0.1) is 5.82 Å². The van der Waals surface area contributed by atoms with E-state index >= 15 is 0 Å². The van der Waals surface area contributed by atoms with Crippen molar-refractivity contribution in [2.75, 3.05) is 7.05 Å². The lowest BCUT2D eigenvalue weighted by atomic mass is 9.78.